The summed E-state index contributed by atoms with van der Waals surface area (Å²) in [6.07, 6.45) is 4.64. The summed E-state index contributed by atoms with van der Waals surface area (Å²) in [6.45, 7) is 10.1. The Bertz CT molecular complexity index is 1040. The van der Waals surface area contributed by atoms with Crippen LogP contribution in [0.2, 0.25) is 0 Å². The number of aromatic nitrogens is 1. The Balaban J connectivity index is 1.13. The van der Waals surface area contributed by atoms with E-state index in [0.717, 1.165) is 74.3 Å². The Labute approximate surface area is 196 Å². The van der Waals surface area contributed by atoms with Crippen LogP contribution in [-0.4, -0.2) is 61.2 Å². The number of aromatic amines is 1. The third-order valence-corrected chi connectivity index (χ3v) is 6.19. The predicted molar refractivity (Wildman–Crippen MR) is 135 cm³/mol. The first-order valence-electron chi connectivity index (χ1n) is 12.1. The van der Waals surface area contributed by atoms with Crippen molar-refractivity contribution in [1.82, 2.24) is 15.2 Å². The van der Waals surface area contributed by atoms with Gasteiger partial charge in [-0.2, -0.15) is 0 Å². The second kappa shape index (κ2) is 11.2. The fraction of sp³-hybridized carbons (Fsp3) is 0.444. The van der Waals surface area contributed by atoms with Gasteiger partial charge in [0.25, 0.3) is 0 Å². The molecule has 1 aliphatic rings. The molecule has 0 unspecified atom stereocenters. The van der Waals surface area contributed by atoms with Gasteiger partial charge in [0.2, 0.25) is 5.91 Å². The maximum Gasteiger partial charge on any atom is 0.224 e. The minimum absolute atomic E-state index is 0.0932. The number of nitrogens with zero attached hydrogens (tertiary/aromatic N) is 2. The van der Waals surface area contributed by atoms with Crippen molar-refractivity contribution in [3.63, 3.8) is 0 Å². The number of anilines is 1. The van der Waals surface area contributed by atoms with Gasteiger partial charge in [-0.15, -0.1) is 0 Å². The van der Waals surface area contributed by atoms with E-state index in [4.69, 9.17) is 4.74 Å². The van der Waals surface area contributed by atoms with Crippen LogP contribution in [0, 0.1) is 0 Å². The van der Waals surface area contributed by atoms with Gasteiger partial charge in [0.15, 0.2) is 0 Å². The number of amides is 1. The molecular weight excluding hydrogens is 412 g/mol. The normalized spacial score (nSPS) is 14.7. The molecule has 2 aromatic carbocycles. The Morgan fingerprint density at radius 3 is 2.61 bits per heavy atom. The molecule has 1 amide bonds. The molecule has 0 spiro atoms. The lowest BCUT2D eigenvalue weighted by Crippen LogP contribution is -2.46. The largest absolute Gasteiger partial charge is 0.489 e. The molecular formula is C27H36N4O2. The van der Waals surface area contributed by atoms with Gasteiger partial charge in [-0.25, -0.2) is 0 Å². The molecule has 1 aromatic heterocycles. The summed E-state index contributed by atoms with van der Waals surface area (Å²) >= 11 is 0. The smallest absolute Gasteiger partial charge is 0.224 e. The monoisotopic (exact) mass is 448 g/mol. The first kappa shape index (κ1) is 23.2. The number of H-pyrrole nitrogens is 1. The molecule has 6 heteroatoms. The van der Waals surface area contributed by atoms with Crippen molar-refractivity contribution in [2.75, 3.05) is 44.2 Å². The SMILES string of the molecule is CC(C)Oc1ccccc1N1CCN(CCCCNC(=O)Cc2c[nH]c3ccccc23)CC1. The predicted octanol–water partition coefficient (Wildman–Crippen LogP) is 4.22. The number of hydrogen-bond donors (Lipinski definition) is 2. The van der Waals surface area contributed by atoms with Crippen molar-refractivity contribution in [3.8, 4) is 5.75 Å². The van der Waals surface area contributed by atoms with E-state index in [-0.39, 0.29) is 12.0 Å². The number of carbonyl (C=O) groups is 1. The third-order valence-electron chi connectivity index (χ3n) is 6.19. The average Bonchev–Trinajstić information content (AvgIpc) is 3.22. The Hall–Kier alpha value is -2.99. The molecule has 0 atom stereocenters. The lowest BCUT2D eigenvalue weighted by Gasteiger charge is -2.37. The summed E-state index contributed by atoms with van der Waals surface area (Å²) in [7, 11) is 0. The number of rotatable bonds is 10. The Kier molecular flexibility index (Phi) is 7.89. The number of piperazine rings is 1. The van der Waals surface area contributed by atoms with E-state index >= 15 is 0 Å². The Morgan fingerprint density at radius 2 is 1.79 bits per heavy atom. The van der Waals surface area contributed by atoms with Crippen molar-refractivity contribution in [1.29, 1.82) is 0 Å². The molecule has 0 bridgehead atoms. The molecule has 2 N–H and O–H groups in total. The third kappa shape index (κ3) is 6.29. The van der Waals surface area contributed by atoms with Crippen LogP contribution in [0.3, 0.4) is 0 Å². The fourth-order valence-corrected chi connectivity index (χ4v) is 4.49. The van der Waals surface area contributed by atoms with Gasteiger partial charge in [-0.1, -0.05) is 30.3 Å². The molecule has 176 valence electrons. The lowest BCUT2D eigenvalue weighted by atomic mass is 10.1. The second-order valence-electron chi connectivity index (χ2n) is 9.06. The van der Waals surface area contributed by atoms with Gasteiger partial charge < -0.3 is 19.9 Å². The van der Waals surface area contributed by atoms with Gasteiger partial charge in [-0.3, -0.25) is 9.69 Å². The number of para-hydroxylation sites is 3. The standard InChI is InChI=1S/C27H36N4O2/c1-21(2)33-26-12-6-5-11-25(26)31-17-15-30(16-18-31)14-8-7-13-28-27(32)19-22-20-29-24-10-4-3-9-23(22)24/h3-6,9-12,20-21,29H,7-8,13-19H2,1-2H3,(H,28,32). The van der Waals surface area contributed by atoms with Gasteiger partial charge in [0.05, 0.1) is 18.2 Å². The van der Waals surface area contributed by atoms with Crippen molar-refractivity contribution in [3.05, 3.63) is 60.3 Å². The van der Waals surface area contributed by atoms with Gasteiger partial charge in [0, 0.05) is 49.8 Å². The van der Waals surface area contributed by atoms with E-state index in [1.807, 2.05) is 30.5 Å². The van der Waals surface area contributed by atoms with Crippen LogP contribution in [0.5, 0.6) is 5.75 Å². The number of nitrogens with one attached hydrogen (secondary N) is 2. The van der Waals surface area contributed by atoms with Crippen LogP contribution < -0.4 is 15.0 Å². The maximum absolute atomic E-state index is 12.3. The molecule has 0 saturated carbocycles. The molecule has 4 rings (SSSR count). The number of benzene rings is 2. The summed E-state index contributed by atoms with van der Waals surface area (Å²) in [5, 5.41) is 4.21. The van der Waals surface area contributed by atoms with E-state index in [1.54, 1.807) is 0 Å². The maximum atomic E-state index is 12.3. The molecule has 1 saturated heterocycles. The zero-order chi connectivity index (χ0) is 23.0. The highest BCUT2D eigenvalue weighted by Gasteiger charge is 2.19. The summed E-state index contributed by atoms with van der Waals surface area (Å²) in [4.78, 5) is 20.5. The van der Waals surface area contributed by atoms with E-state index in [9.17, 15) is 4.79 Å². The van der Waals surface area contributed by atoms with Crippen LogP contribution in [0.25, 0.3) is 10.9 Å². The highest BCUT2D eigenvalue weighted by Crippen LogP contribution is 2.29. The van der Waals surface area contributed by atoms with Gasteiger partial charge >= 0.3 is 0 Å². The van der Waals surface area contributed by atoms with Gasteiger partial charge in [0.1, 0.15) is 5.75 Å². The zero-order valence-electron chi connectivity index (χ0n) is 19.8. The van der Waals surface area contributed by atoms with Crippen molar-refractivity contribution < 1.29 is 9.53 Å². The topological polar surface area (TPSA) is 60.6 Å². The highest BCUT2D eigenvalue weighted by atomic mass is 16.5. The number of ether oxygens (including phenoxy) is 1. The van der Waals surface area contributed by atoms with Crippen LogP contribution >= 0.6 is 0 Å². The molecule has 1 fully saturated rings. The number of hydrogen-bond acceptors (Lipinski definition) is 4. The van der Waals surface area contributed by atoms with E-state index in [2.05, 4.69) is 58.2 Å². The van der Waals surface area contributed by atoms with Crippen LogP contribution in [-0.2, 0) is 11.2 Å². The van der Waals surface area contributed by atoms with Crippen LogP contribution in [0.4, 0.5) is 5.69 Å². The molecule has 2 heterocycles. The highest BCUT2D eigenvalue weighted by molar-refractivity contribution is 5.88. The van der Waals surface area contributed by atoms with E-state index in [1.165, 1.54) is 5.69 Å². The molecule has 1 aliphatic heterocycles. The number of carbonyl (C=O) groups excluding carboxylic acids is 1. The van der Waals surface area contributed by atoms with Crippen molar-refractivity contribution in [2.45, 2.75) is 39.2 Å². The first-order chi connectivity index (χ1) is 16.1. The molecule has 0 aliphatic carbocycles. The first-order valence-corrected chi connectivity index (χ1v) is 12.1. The lowest BCUT2D eigenvalue weighted by molar-refractivity contribution is -0.120. The summed E-state index contributed by atoms with van der Waals surface area (Å²) in [5.74, 6) is 1.07. The zero-order valence-corrected chi connectivity index (χ0v) is 19.8. The molecule has 6 nitrogen and oxygen atoms in total. The van der Waals surface area contributed by atoms with Gasteiger partial charge in [-0.05, 0) is 57.0 Å². The minimum Gasteiger partial charge on any atom is -0.489 e. The van der Waals surface area contributed by atoms with Crippen LogP contribution in [0.15, 0.2) is 54.7 Å². The van der Waals surface area contributed by atoms with E-state index < -0.39 is 0 Å². The Morgan fingerprint density at radius 1 is 1.03 bits per heavy atom. The molecule has 33 heavy (non-hydrogen) atoms. The summed E-state index contributed by atoms with van der Waals surface area (Å²) in [6, 6.07) is 16.5. The van der Waals surface area contributed by atoms with E-state index in [0.29, 0.717) is 6.42 Å². The van der Waals surface area contributed by atoms with Crippen molar-refractivity contribution in [2.24, 2.45) is 0 Å². The summed E-state index contributed by atoms with van der Waals surface area (Å²) in [5.41, 5.74) is 3.33. The van der Waals surface area contributed by atoms with Crippen LogP contribution in [0.1, 0.15) is 32.3 Å². The quantitative estimate of drug-likeness (QED) is 0.456. The molecule has 3 aromatic rings. The number of unbranched alkanes of at least 4 members (excludes halogenated alkanes) is 1. The molecule has 0 radical (unpaired) electrons. The van der Waals surface area contributed by atoms with Crippen molar-refractivity contribution >= 4 is 22.5 Å². The average molecular weight is 449 g/mol. The number of fused-ring (bicyclic) bond motifs is 1. The minimum atomic E-state index is 0.0932. The fourth-order valence-electron chi connectivity index (χ4n) is 4.49. The second-order valence-corrected chi connectivity index (χ2v) is 9.06. The summed E-state index contributed by atoms with van der Waals surface area (Å²) < 4.78 is 6.00.